The number of carbonyl (C=O) groups excluding carboxylic acids is 1. The molecular weight excluding hydrogens is 456 g/mol. The van der Waals surface area contributed by atoms with Crippen LogP contribution in [0.3, 0.4) is 0 Å². The third-order valence-corrected chi connectivity index (χ3v) is 5.50. The Morgan fingerprint density at radius 3 is 2.36 bits per heavy atom. The first kappa shape index (κ1) is 24.6. The van der Waals surface area contributed by atoms with Crippen molar-refractivity contribution in [1.29, 1.82) is 0 Å². The standard InChI is InChI=1S/C29H28N2O5/c1-4-12-23-25-22(17-18-24(27(25)32)36-21-15-10-7-11-16-21)28(35-19-20-13-8-6-9-14-20)26(29(33)34-3)31(23)30-5-2/h5-18,32H,4,19H2,1-3H3/b23-12+,30-5-. The van der Waals surface area contributed by atoms with Crippen LogP contribution in [-0.2, 0) is 20.9 Å². The Kier molecular flexibility index (Phi) is 7.70. The number of hydrazone groups is 1. The number of para-hydroxylation sites is 1. The van der Waals surface area contributed by atoms with Crippen molar-refractivity contribution in [2.75, 3.05) is 7.11 Å². The number of aromatic hydroxyl groups is 1. The number of phenols is 1. The van der Waals surface area contributed by atoms with Crippen molar-refractivity contribution in [3.05, 3.63) is 101 Å². The molecule has 7 nitrogen and oxygen atoms in total. The maximum atomic E-state index is 13.0. The number of allylic oxidation sites excluding steroid dienone is 1. The van der Waals surface area contributed by atoms with Crippen molar-refractivity contribution in [3.8, 4) is 17.2 Å². The van der Waals surface area contributed by atoms with Crippen LogP contribution in [-0.4, -0.2) is 29.4 Å². The van der Waals surface area contributed by atoms with E-state index >= 15 is 0 Å². The number of hydrogen-bond acceptors (Lipinski definition) is 7. The summed E-state index contributed by atoms with van der Waals surface area (Å²) >= 11 is 0. The average Bonchev–Trinajstić information content (AvgIpc) is 2.91. The lowest BCUT2D eigenvalue weighted by Crippen LogP contribution is -2.29. The van der Waals surface area contributed by atoms with Crippen molar-refractivity contribution >= 4 is 23.6 Å². The van der Waals surface area contributed by atoms with Crippen LogP contribution < -0.4 is 4.74 Å². The SMILES string of the molecule is C/C=N\N1C(C(=O)OC)=C(OCc2ccccc2)c2ccc(Oc3ccccc3)c(O)c2/C1=C\CC. The molecule has 0 aromatic heterocycles. The van der Waals surface area contributed by atoms with Gasteiger partial charge in [-0.25, -0.2) is 9.80 Å². The zero-order chi connectivity index (χ0) is 25.5. The molecule has 0 bridgehead atoms. The molecule has 0 fully saturated rings. The van der Waals surface area contributed by atoms with Crippen LogP contribution in [0.2, 0.25) is 0 Å². The second-order valence-corrected chi connectivity index (χ2v) is 7.88. The third kappa shape index (κ3) is 4.95. The van der Waals surface area contributed by atoms with Crippen molar-refractivity contribution in [2.45, 2.75) is 26.9 Å². The number of nitrogens with zero attached hydrogens (tertiary/aromatic N) is 2. The van der Waals surface area contributed by atoms with Crippen LogP contribution in [0.1, 0.15) is 37.0 Å². The molecule has 0 aliphatic carbocycles. The molecule has 3 aromatic rings. The summed E-state index contributed by atoms with van der Waals surface area (Å²) in [6, 6.07) is 22.2. The Hall–Kier alpha value is -4.52. The van der Waals surface area contributed by atoms with E-state index in [1.54, 1.807) is 37.4 Å². The highest BCUT2D eigenvalue weighted by Gasteiger charge is 2.37. The fourth-order valence-electron chi connectivity index (χ4n) is 3.94. The van der Waals surface area contributed by atoms with Gasteiger partial charge in [-0.1, -0.05) is 61.5 Å². The lowest BCUT2D eigenvalue weighted by atomic mass is 9.94. The number of carbonyl (C=O) groups is 1. The fraction of sp³-hybridized carbons (Fsp3) is 0.172. The summed E-state index contributed by atoms with van der Waals surface area (Å²) in [5.74, 6) is 0.407. The quantitative estimate of drug-likeness (QED) is 0.298. The maximum Gasteiger partial charge on any atom is 0.360 e. The Morgan fingerprint density at radius 2 is 1.72 bits per heavy atom. The Balaban J connectivity index is 1.91. The Bertz CT molecular complexity index is 1310. The number of phenolic OH excluding ortho intramolecular Hbond substituents is 1. The second-order valence-electron chi connectivity index (χ2n) is 7.88. The number of benzene rings is 3. The molecule has 7 heteroatoms. The van der Waals surface area contributed by atoms with Gasteiger partial charge in [0.05, 0.1) is 18.4 Å². The topological polar surface area (TPSA) is 80.6 Å². The highest BCUT2D eigenvalue weighted by Crippen LogP contribution is 2.48. The fourth-order valence-corrected chi connectivity index (χ4v) is 3.94. The van der Waals surface area contributed by atoms with Crippen molar-refractivity contribution in [2.24, 2.45) is 5.10 Å². The van der Waals surface area contributed by atoms with E-state index in [0.29, 0.717) is 29.0 Å². The second kappa shape index (κ2) is 11.3. The molecular formula is C29H28N2O5. The smallest absolute Gasteiger partial charge is 0.360 e. The number of ether oxygens (including phenoxy) is 3. The van der Waals surface area contributed by atoms with Crippen molar-refractivity contribution in [3.63, 3.8) is 0 Å². The molecule has 36 heavy (non-hydrogen) atoms. The van der Waals surface area contributed by atoms with Gasteiger partial charge in [-0.15, -0.1) is 0 Å². The number of rotatable bonds is 8. The van der Waals surface area contributed by atoms with E-state index < -0.39 is 5.97 Å². The van der Waals surface area contributed by atoms with E-state index in [0.717, 1.165) is 5.56 Å². The van der Waals surface area contributed by atoms with Gasteiger partial charge < -0.3 is 19.3 Å². The van der Waals surface area contributed by atoms with Gasteiger partial charge >= 0.3 is 5.97 Å². The Morgan fingerprint density at radius 1 is 1.03 bits per heavy atom. The molecule has 0 unspecified atom stereocenters. The molecule has 0 amide bonds. The first-order valence-electron chi connectivity index (χ1n) is 11.7. The molecule has 1 aliphatic rings. The summed E-state index contributed by atoms with van der Waals surface area (Å²) in [5, 5.41) is 17.3. The van der Waals surface area contributed by atoms with Gasteiger partial charge in [-0.3, -0.25) is 0 Å². The van der Waals surface area contributed by atoms with Gasteiger partial charge in [0.2, 0.25) is 0 Å². The van der Waals surface area contributed by atoms with Crippen molar-refractivity contribution in [1.82, 2.24) is 5.01 Å². The monoisotopic (exact) mass is 484 g/mol. The highest BCUT2D eigenvalue weighted by molar-refractivity contribution is 6.02. The predicted octanol–water partition coefficient (Wildman–Crippen LogP) is 6.32. The maximum absolute atomic E-state index is 13.0. The molecule has 4 rings (SSSR count). The van der Waals surface area contributed by atoms with Gasteiger partial charge in [0.15, 0.2) is 23.0 Å². The van der Waals surface area contributed by atoms with E-state index in [2.05, 4.69) is 5.10 Å². The minimum absolute atomic E-state index is 0.0860. The van der Waals surface area contributed by atoms with Crippen molar-refractivity contribution < 1.29 is 24.1 Å². The van der Waals surface area contributed by atoms with Crippen LogP contribution in [0.5, 0.6) is 17.2 Å². The van der Waals surface area contributed by atoms with Gasteiger partial charge in [0.25, 0.3) is 0 Å². The van der Waals surface area contributed by atoms with E-state index in [-0.39, 0.29) is 29.6 Å². The summed E-state index contributed by atoms with van der Waals surface area (Å²) in [6.07, 6.45) is 4.07. The average molecular weight is 485 g/mol. The summed E-state index contributed by atoms with van der Waals surface area (Å²) in [5.41, 5.74) is 2.55. The van der Waals surface area contributed by atoms with E-state index in [4.69, 9.17) is 14.2 Å². The molecule has 0 saturated carbocycles. The number of fused-ring (bicyclic) bond motifs is 1. The zero-order valence-corrected chi connectivity index (χ0v) is 20.5. The summed E-state index contributed by atoms with van der Waals surface area (Å²) in [7, 11) is 1.31. The minimum Gasteiger partial charge on any atom is -0.504 e. The van der Waals surface area contributed by atoms with Gasteiger partial charge in [-0.05, 0) is 43.2 Å². The first-order chi connectivity index (χ1) is 17.6. The number of hydrogen-bond donors (Lipinski definition) is 1. The van der Waals surface area contributed by atoms with E-state index in [9.17, 15) is 9.90 Å². The molecule has 184 valence electrons. The molecule has 3 aromatic carbocycles. The molecule has 1 aliphatic heterocycles. The molecule has 0 spiro atoms. The highest BCUT2D eigenvalue weighted by atomic mass is 16.5. The van der Waals surface area contributed by atoms with Gasteiger partial charge in [-0.2, -0.15) is 5.10 Å². The summed E-state index contributed by atoms with van der Waals surface area (Å²) < 4.78 is 17.3. The summed E-state index contributed by atoms with van der Waals surface area (Å²) in [6.45, 7) is 3.91. The largest absolute Gasteiger partial charge is 0.504 e. The normalized spacial score (nSPS) is 14.2. The van der Waals surface area contributed by atoms with Crippen LogP contribution in [0.4, 0.5) is 0 Å². The van der Waals surface area contributed by atoms with Crippen LogP contribution in [0, 0.1) is 0 Å². The lowest BCUT2D eigenvalue weighted by molar-refractivity contribution is -0.137. The van der Waals surface area contributed by atoms with Crippen LogP contribution in [0.15, 0.2) is 89.7 Å². The molecule has 1 N–H and O–H groups in total. The number of methoxy groups -OCH3 is 1. The molecule has 0 saturated heterocycles. The zero-order valence-electron chi connectivity index (χ0n) is 20.5. The van der Waals surface area contributed by atoms with Gasteiger partial charge in [0, 0.05) is 11.8 Å². The predicted molar refractivity (Wildman–Crippen MR) is 139 cm³/mol. The molecule has 0 atom stereocenters. The van der Waals surface area contributed by atoms with E-state index in [1.807, 2.05) is 61.5 Å². The number of esters is 1. The van der Waals surface area contributed by atoms with E-state index in [1.165, 1.54) is 12.1 Å². The Labute approximate surface area is 210 Å². The first-order valence-corrected chi connectivity index (χ1v) is 11.7. The van der Waals surface area contributed by atoms with Crippen LogP contribution in [0.25, 0.3) is 11.5 Å². The summed E-state index contributed by atoms with van der Waals surface area (Å²) in [4.78, 5) is 13.0. The van der Waals surface area contributed by atoms with Crippen LogP contribution >= 0.6 is 0 Å². The molecule has 1 heterocycles. The lowest BCUT2D eigenvalue weighted by Gasteiger charge is -2.32. The minimum atomic E-state index is -0.611. The molecule has 0 radical (unpaired) electrons. The third-order valence-electron chi connectivity index (χ3n) is 5.50. The van der Waals surface area contributed by atoms with Gasteiger partial charge in [0.1, 0.15) is 12.4 Å².